The van der Waals surface area contributed by atoms with Gasteiger partial charge in [0.05, 0.1) is 12.5 Å². The van der Waals surface area contributed by atoms with Gasteiger partial charge in [0.15, 0.2) is 0 Å². The Bertz CT molecular complexity index is 502. The molecule has 20 heavy (non-hydrogen) atoms. The van der Waals surface area contributed by atoms with Gasteiger partial charge in [-0.3, -0.25) is 4.79 Å². The number of amides is 1. The van der Waals surface area contributed by atoms with E-state index in [0.29, 0.717) is 18.0 Å². The largest absolute Gasteiger partial charge is 0.480 e. The molecule has 1 fully saturated rings. The second kappa shape index (κ2) is 6.24. The van der Waals surface area contributed by atoms with Crippen molar-refractivity contribution < 1.29 is 19.4 Å². The Morgan fingerprint density at radius 3 is 2.60 bits per heavy atom. The molecule has 108 valence electrons. The molecule has 1 aromatic rings. The number of aliphatic carboxylic acids is 1. The molecule has 0 spiro atoms. The van der Waals surface area contributed by atoms with Crippen LogP contribution in [0.25, 0.3) is 0 Å². The zero-order valence-electron chi connectivity index (χ0n) is 11.1. The first-order valence-electron chi connectivity index (χ1n) is 6.30. The Morgan fingerprint density at radius 1 is 1.40 bits per heavy atom. The zero-order chi connectivity index (χ0) is 14.7. The van der Waals surface area contributed by atoms with E-state index in [9.17, 15) is 14.7 Å². The lowest BCUT2D eigenvalue weighted by Crippen LogP contribution is -2.41. The molecule has 1 saturated heterocycles. The van der Waals surface area contributed by atoms with Crippen molar-refractivity contribution in [2.75, 3.05) is 13.7 Å². The van der Waals surface area contributed by atoms with Crippen LogP contribution in [-0.4, -0.2) is 47.7 Å². The van der Waals surface area contributed by atoms with E-state index in [0.717, 1.165) is 5.56 Å². The van der Waals surface area contributed by atoms with Crippen molar-refractivity contribution >= 4 is 23.5 Å². The molecule has 0 aliphatic carbocycles. The summed E-state index contributed by atoms with van der Waals surface area (Å²) in [6.07, 6.45) is 0.278. The van der Waals surface area contributed by atoms with E-state index in [2.05, 4.69) is 0 Å². The minimum absolute atomic E-state index is 0.164. The van der Waals surface area contributed by atoms with Gasteiger partial charge in [0.1, 0.15) is 6.04 Å². The molecule has 0 bridgehead atoms. The van der Waals surface area contributed by atoms with Crippen molar-refractivity contribution in [1.82, 2.24) is 4.90 Å². The van der Waals surface area contributed by atoms with Crippen LogP contribution in [-0.2, 0) is 20.7 Å². The third kappa shape index (κ3) is 3.29. The van der Waals surface area contributed by atoms with E-state index in [1.807, 2.05) is 0 Å². The van der Waals surface area contributed by atoms with Crippen molar-refractivity contribution in [2.24, 2.45) is 0 Å². The van der Waals surface area contributed by atoms with Crippen LogP contribution in [0, 0.1) is 0 Å². The second-order valence-electron chi connectivity index (χ2n) is 4.80. The van der Waals surface area contributed by atoms with Gasteiger partial charge >= 0.3 is 5.97 Å². The van der Waals surface area contributed by atoms with Crippen molar-refractivity contribution in [2.45, 2.75) is 25.0 Å². The first kappa shape index (κ1) is 14.8. The Morgan fingerprint density at radius 2 is 2.05 bits per heavy atom. The van der Waals surface area contributed by atoms with Gasteiger partial charge in [0, 0.05) is 25.1 Å². The monoisotopic (exact) mass is 297 g/mol. The molecule has 1 amide bonds. The van der Waals surface area contributed by atoms with Crippen LogP contribution in [0.15, 0.2) is 24.3 Å². The number of ether oxygens (including phenoxy) is 1. The summed E-state index contributed by atoms with van der Waals surface area (Å²) in [5.41, 5.74) is 0.810. The first-order valence-corrected chi connectivity index (χ1v) is 6.68. The van der Waals surface area contributed by atoms with Crippen molar-refractivity contribution in [3.63, 3.8) is 0 Å². The number of nitrogens with zero attached hydrogens (tertiary/aromatic N) is 1. The van der Waals surface area contributed by atoms with E-state index >= 15 is 0 Å². The predicted molar refractivity (Wildman–Crippen MR) is 73.7 cm³/mol. The van der Waals surface area contributed by atoms with Crippen LogP contribution in [0.1, 0.15) is 12.0 Å². The van der Waals surface area contributed by atoms with Crippen molar-refractivity contribution in [3.05, 3.63) is 34.9 Å². The molecule has 0 unspecified atom stereocenters. The summed E-state index contributed by atoms with van der Waals surface area (Å²) in [6, 6.07) is 6.14. The number of halogens is 1. The van der Waals surface area contributed by atoms with Gasteiger partial charge < -0.3 is 14.7 Å². The average Bonchev–Trinajstić information content (AvgIpc) is 2.86. The molecule has 0 saturated carbocycles. The van der Waals surface area contributed by atoms with E-state index < -0.39 is 12.0 Å². The topological polar surface area (TPSA) is 66.8 Å². The van der Waals surface area contributed by atoms with Crippen LogP contribution in [0.3, 0.4) is 0 Å². The highest BCUT2D eigenvalue weighted by Gasteiger charge is 2.39. The quantitative estimate of drug-likeness (QED) is 0.916. The fourth-order valence-electron chi connectivity index (χ4n) is 2.36. The number of likely N-dealkylation sites (tertiary alicyclic amines) is 1. The van der Waals surface area contributed by atoms with Crippen LogP contribution < -0.4 is 0 Å². The summed E-state index contributed by atoms with van der Waals surface area (Å²) in [6.45, 7) is 0.319. The van der Waals surface area contributed by atoms with E-state index in [4.69, 9.17) is 16.3 Å². The maximum absolute atomic E-state index is 12.3. The Hall–Kier alpha value is -1.59. The number of benzene rings is 1. The molecule has 0 radical (unpaired) electrons. The maximum atomic E-state index is 12.3. The number of rotatable bonds is 4. The number of methoxy groups -OCH3 is 1. The van der Waals surface area contributed by atoms with Crippen LogP contribution in [0.2, 0.25) is 5.02 Å². The number of hydrogen-bond donors (Lipinski definition) is 1. The highest BCUT2D eigenvalue weighted by Crippen LogP contribution is 2.21. The van der Waals surface area contributed by atoms with Gasteiger partial charge in [-0.25, -0.2) is 4.79 Å². The van der Waals surface area contributed by atoms with Gasteiger partial charge in [-0.15, -0.1) is 0 Å². The summed E-state index contributed by atoms with van der Waals surface area (Å²) in [7, 11) is 1.52. The van der Waals surface area contributed by atoms with Crippen molar-refractivity contribution in [3.8, 4) is 0 Å². The molecule has 1 aliphatic rings. The third-order valence-corrected chi connectivity index (χ3v) is 3.72. The summed E-state index contributed by atoms with van der Waals surface area (Å²) in [5.74, 6) is -1.20. The van der Waals surface area contributed by atoms with Gasteiger partial charge in [-0.2, -0.15) is 0 Å². The fourth-order valence-corrected chi connectivity index (χ4v) is 2.48. The minimum atomic E-state index is -0.992. The highest BCUT2D eigenvalue weighted by molar-refractivity contribution is 6.30. The number of carboxylic acid groups (broad SMARTS) is 1. The van der Waals surface area contributed by atoms with E-state index in [1.165, 1.54) is 12.0 Å². The number of carbonyl (C=O) groups is 2. The second-order valence-corrected chi connectivity index (χ2v) is 5.23. The van der Waals surface area contributed by atoms with E-state index in [-0.39, 0.29) is 18.4 Å². The number of carbonyl (C=O) groups excluding carboxylic acids is 1. The third-order valence-electron chi connectivity index (χ3n) is 3.47. The zero-order valence-corrected chi connectivity index (χ0v) is 11.8. The number of carboxylic acids is 1. The lowest BCUT2D eigenvalue weighted by molar-refractivity contribution is -0.148. The predicted octanol–water partition coefficient (Wildman–Crippen LogP) is 1.58. The Labute approximate surface area is 122 Å². The first-order chi connectivity index (χ1) is 9.51. The highest BCUT2D eigenvalue weighted by atomic mass is 35.5. The van der Waals surface area contributed by atoms with E-state index in [1.54, 1.807) is 24.3 Å². The Kier molecular flexibility index (Phi) is 4.62. The fraction of sp³-hybridized carbons (Fsp3) is 0.429. The molecule has 2 atom stereocenters. The number of hydrogen-bond acceptors (Lipinski definition) is 3. The van der Waals surface area contributed by atoms with Crippen LogP contribution >= 0.6 is 11.6 Å². The summed E-state index contributed by atoms with van der Waals surface area (Å²) < 4.78 is 5.16. The van der Waals surface area contributed by atoms with Gasteiger partial charge in [-0.05, 0) is 17.7 Å². The normalized spacial score (nSPS) is 22.0. The standard InChI is InChI=1S/C14H16ClNO4/c1-20-11-7-12(14(18)19)16(8-11)13(17)6-9-2-4-10(15)5-3-9/h2-5,11-12H,6-8H2,1H3,(H,18,19)/t11-,12-/m1/s1. The van der Waals surface area contributed by atoms with Crippen LogP contribution in [0.4, 0.5) is 0 Å². The molecule has 1 aromatic carbocycles. The summed E-state index contributed by atoms with van der Waals surface area (Å²) in [4.78, 5) is 24.8. The summed E-state index contributed by atoms with van der Waals surface area (Å²) >= 11 is 5.79. The molecule has 1 heterocycles. The summed E-state index contributed by atoms with van der Waals surface area (Å²) in [5, 5.41) is 9.78. The van der Waals surface area contributed by atoms with Crippen molar-refractivity contribution in [1.29, 1.82) is 0 Å². The van der Waals surface area contributed by atoms with Gasteiger partial charge in [0.25, 0.3) is 0 Å². The van der Waals surface area contributed by atoms with Gasteiger partial charge in [-0.1, -0.05) is 23.7 Å². The lowest BCUT2D eigenvalue weighted by atomic mass is 10.1. The average molecular weight is 298 g/mol. The Balaban J connectivity index is 2.07. The van der Waals surface area contributed by atoms with Gasteiger partial charge in [0.2, 0.25) is 5.91 Å². The molecule has 5 nitrogen and oxygen atoms in total. The molecule has 0 aromatic heterocycles. The molecule has 2 rings (SSSR count). The van der Waals surface area contributed by atoms with Crippen LogP contribution in [0.5, 0.6) is 0 Å². The molecule has 1 N–H and O–H groups in total. The molecular formula is C14H16ClNO4. The molecular weight excluding hydrogens is 282 g/mol. The molecule has 1 aliphatic heterocycles. The minimum Gasteiger partial charge on any atom is -0.480 e. The molecule has 6 heteroatoms. The maximum Gasteiger partial charge on any atom is 0.326 e. The lowest BCUT2D eigenvalue weighted by Gasteiger charge is -2.21. The smallest absolute Gasteiger partial charge is 0.326 e. The SMILES string of the molecule is CO[C@@H]1C[C@H](C(=O)O)N(C(=O)Cc2ccc(Cl)cc2)C1.